The summed E-state index contributed by atoms with van der Waals surface area (Å²) < 4.78 is 2.09. The second kappa shape index (κ2) is 8.33. The topological polar surface area (TPSA) is 75.6 Å². The molecule has 4 rings (SSSR count). The smallest absolute Gasteiger partial charge is 0.246 e. The molecule has 4 aromatic rings. The van der Waals surface area contributed by atoms with Crippen molar-refractivity contribution in [2.75, 3.05) is 5.32 Å². The zero-order chi connectivity index (χ0) is 21.3. The van der Waals surface area contributed by atoms with Crippen LogP contribution in [0.3, 0.4) is 0 Å². The third kappa shape index (κ3) is 4.24. The predicted octanol–water partition coefficient (Wildman–Crippen LogP) is 5.30. The number of rotatable bonds is 5. The van der Waals surface area contributed by atoms with Crippen LogP contribution in [-0.4, -0.2) is 25.7 Å². The van der Waals surface area contributed by atoms with E-state index in [1.54, 1.807) is 4.57 Å². The number of nitrogens with zero attached hydrogens (tertiary/aromatic N) is 3. The zero-order valence-corrected chi connectivity index (χ0v) is 18.5. The number of amides is 1. The van der Waals surface area contributed by atoms with Crippen LogP contribution in [0.1, 0.15) is 16.7 Å². The largest absolute Gasteiger partial charge is 0.300 e. The van der Waals surface area contributed by atoms with E-state index in [9.17, 15) is 4.79 Å². The van der Waals surface area contributed by atoms with E-state index in [2.05, 4.69) is 52.5 Å². The maximum atomic E-state index is 12.7. The predicted molar refractivity (Wildman–Crippen MR) is 123 cm³/mol. The number of hydrogen-bond acceptors (Lipinski definition) is 5. The van der Waals surface area contributed by atoms with Gasteiger partial charge in [-0.3, -0.25) is 14.5 Å². The molecule has 0 saturated carbocycles. The third-order valence-corrected chi connectivity index (χ3v) is 5.83. The van der Waals surface area contributed by atoms with Crippen LogP contribution < -0.4 is 5.32 Å². The molecule has 1 amide bonds. The molecule has 30 heavy (non-hydrogen) atoms. The Labute approximate surface area is 183 Å². The van der Waals surface area contributed by atoms with Crippen molar-refractivity contribution in [3.05, 3.63) is 69.3 Å². The normalized spacial score (nSPS) is 10.9. The van der Waals surface area contributed by atoms with Gasteiger partial charge >= 0.3 is 0 Å². The van der Waals surface area contributed by atoms with E-state index in [0.29, 0.717) is 15.7 Å². The first-order valence-electron chi connectivity index (χ1n) is 9.46. The Morgan fingerprint density at radius 2 is 1.97 bits per heavy atom. The lowest BCUT2D eigenvalue weighted by atomic mass is 10.0. The summed E-state index contributed by atoms with van der Waals surface area (Å²) in [4.78, 5) is 17.3. The first-order chi connectivity index (χ1) is 14.4. The van der Waals surface area contributed by atoms with Gasteiger partial charge in [-0.1, -0.05) is 41.5 Å². The monoisotopic (exact) mass is 435 g/mol. The van der Waals surface area contributed by atoms with E-state index < -0.39 is 0 Å². The molecule has 6 nitrogen and oxygen atoms in total. The fraction of sp³-hybridized carbons (Fsp3) is 0.182. The molecule has 152 valence electrons. The van der Waals surface area contributed by atoms with Gasteiger partial charge in [0.1, 0.15) is 6.54 Å². The molecule has 0 radical (unpaired) electrons. The van der Waals surface area contributed by atoms with Gasteiger partial charge in [-0.2, -0.15) is 5.10 Å². The summed E-state index contributed by atoms with van der Waals surface area (Å²) in [6.45, 7) is 6.17. The Kier molecular flexibility index (Phi) is 5.61. The van der Waals surface area contributed by atoms with Gasteiger partial charge in [-0.25, -0.2) is 4.98 Å². The first-order valence-corrected chi connectivity index (χ1v) is 10.7. The number of aryl methyl sites for hydroxylation is 3. The molecule has 0 bridgehead atoms. The summed E-state index contributed by atoms with van der Waals surface area (Å²) in [6, 6.07) is 14.2. The summed E-state index contributed by atoms with van der Waals surface area (Å²) >= 11 is 6.74. The van der Waals surface area contributed by atoms with E-state index in [1.807, 2.05) is 36.6 Å². The molecule has 0 aliphatic rings. The van der Waals surface area contributed by atoms with E-state index in [0.717, 1.165) is 27.9 Å². The van der Waals surface area contributed by atoms with Crippen LogP contribution in [0.2, 0.25) is 0 Å². The number of anilines is 1. The van der Waals surface area contributed by atoms with Gasteiger partial charge in [0, 0.05) is 16.5 Å². The molecule has 0 atom stereocenters. The average Bonchev–Trinajstić information content (AvgIpc) is 3.31. The van der Waals surface area contributed by atoms with Crippen LogP contribution >= 0.6 is 23.6 Å². The van der Waals surface area contributed by atoms with E-state index in [1.165, 1.54) is 16.9 Å². The minimum absolute atomic E-state index is 0.0526. The molecule has 0 fully saturated rings. The lowest BCUT2D eigenvalue weighted by Crippen LogP contribution is -2.19. The first kappa shape index (κ1) is 20.2. The Morgan fingerprint density at radius 3 is 2.77 bits per heavy atom. The second-order valence-electron chi connectivity index (χ2n) is 7.21. The Bertz CT molecular complexity index is 1280. The summed E-state index contributed by atoms with van der Waals surface area (Å²) in [5.74, 6) is 0.428. The van der Waals surface area contributed by atoms with Gasteiger partial charge in [-0.05, 0) is 50.7 Å². The number of carbonyl (C=O) groups excluding carboxylic acids is 1. The number of hydrogen-bond donors (Lipinski definition) is 2. The standard InChI is InChI=1S/C22H21N5OS2/c1-13-5-4-6-16(9-13)20-25-26-22(29)27(20)11-19(28)24-21-23-18(12-30-21)17-10-14(2)7-8-15(17)3/h4-10,12H,11H2,1-3H3,(H,26,29)(H,23,24,28). The second-order valence-corrected chi connectivity index (χ2v) is 8.46. The number of thiazole rings is 1. The molecule has 0 unspecified atom stereocenters. The molecule has 2 aromatic carbocycles. The van der Waals surface area contributed by atoms with E-state index in [4.69, 9.17) is 12.2 Å². The summed E-state index contributed by atoms with van der Waals surface area (Å²) in [5, 5.41) is 12.5. The van der Waals surface area contributed by atoms with Crippen molar-refractivity contribution >= 4 is 34.6 Å². The van der Waals surface area contributed by atoms with Crippen molar-refractivity contribution in [2.24, 2.45) is 0 Å². The molecular formula is C22H21N5OS2. The van der Waals surface area contributed by atoms with Crippen molar-refractivity contribution in [1.82, 2.24) is 19.7 Å². The van der Waals surface area contributed by atoms with Crippen LogP contribution in [-0.2, 0) is 11.3 Å². The van der Waals surface area contributed by atoms with Crippen molar-refractivity contribution in [3.8, 4) is 22.6 Å². The summed E-state index contributed by atoms with van der Waals surface area (Å²) in [5.41, 5.74) is 6.27. The van der Waals surface area contributed by atoms with Crippen LogP contribution in [0.5, 0.6) is 0 Å². The quantitative estimate of drug-likeness (QED) is 0.417. The maximum absolute atomic E-state index is 12.7. The molecule has 8 heteroatoms. The minimum Gasteiger partial charge on any atom is -0.300 e. The SMILES string of the molecule is Cc1cccc(-c2n[nH]c(=S)n2CC(=O)Nc2nc(-c3cc(C)ccc3C)cs2)c1. The number of benzene rings is 2. The van der Waals surface area contributed by atoms with Gasteiger partial charge in [0.2, 0.25) is 5.91 Å². The van der Waals surface area contributed by atoms with Crippen LogP contribution in [0, 0.1) is 25.5 Å². The van der Waals surface area contributed by atoms with Crippen LogP contribution in [0.15, 0.2) is 47.8 Å². The molecule has 0 spiro atoms. The van der Waals surface area contributed by atoms with Crippen molar-refractivity contribution < 1.29 is 4.79 Å². The molecule has 2 aromatic heterocycles. The van der Waals surface area contributed by atoms with Crippen molar-refractivity contribution in [3.63, 3.8) is 0 Å². The van der Waals surface area contributed by atoms with Crippen molar-refractivity contribution in [1.29, 1.82) is 0 Å². The Balaban J connectivity index is 1.53. The fourth-order valence-corrected chi connectivity index (χ4v) is 4.16. The van der Waals surface area contributed by atoms with Gasteiger partial charge in [0.05, 0.1) is 5.69 Å². The molecule has 0 aliphatic carbocycles. The van der Waals surface area contributed by atoms with Gasteiger partial charge in [0.15, 0.2) is 15.7 Å². The number of aromatic amines is 1. The van der Waals surface area contributed by atoms with E-state index >= 15 is 0 Å². The third-order valence-electron chi connectivity index (χ3n) is 4.76. The summed E-state index contributed by atoms with van der Waals surface area (Å²) in [6.07, 6.45) is 0. The Morgan fingerprint density at radius 1 is 1.17 bits per heavy atom. The lowest BCUT2D eigenvalue weighted by molar-refractivity contribution is -0.116. The minimum atomic E-state index is -0.205. The average molecular weight is 436 g/mol. The molecule has 2 N–H and O–H groups in total. The number of nitrogens with one attached hydrogen (secondary N) is 2. The highest BCUT2D eigenvalue weighted by Gasteiger charge is 2.14. The lowest BCUT2D eigenvalue weighted by Gasteiger charge is -2.07. The van der Waals surface area contributed by atoms with Gasteiger partial charge in [0.25, 0.3) is 0 Å². The van der Waals surface area contributed by atoms with Crippen LogP contribution in [0.4, 0.5) is 5.13 Å². The highest BCUT2D eigenvalue weighted by molar-refractivity contribution is 7.71. The van der Waals surface area contributed by atoms with Gasteiger partial charge in [-0.15, -0.1) is 11.3 Å². The van der Waals surface area contributed by atoms with Gasteiger partial charge < -0.3 is 5.32 Å². The van der Waals surface area contributed by atoms with Crippen molar-refractivity contribution in [2.45, 2.75) is 27.3 Å². The van der Waals surface area contributed by atoms with E-state index in [-0.39, 0.29) is 12.5 Å². The maximum Gasteiger partial charge on any atom is 0.246 e. The zero-order valence-electron chi connectivity index (χ0n) is 16.9. The molecule has 0 aliphatic heterocycles. The summed E-state index contributed by atoms with van der Waals surface area (Å²) in [7, 11) is 0. The highest BCUT2D eigenvalue weighted by Crippen LogP contribution is 2.28. The number of H-pyrrole nitrogens is 1. The number of aromatic nitrogens is 4. The molecular weight excluding hydrogens is 414 g/mol. The Hall–Kier alpha value is -3.10. The molecule has 2 heterocycles. The highest BCUT2D eigenvalue weighted by atomic mass is 32.1. The number of carbonyl (C=O) groups is 1. The fourth-order valence-electron chi connectivity index (χ4n) is 3.24. The van der Waals surface area contributed by atoms with Crippen LogP contribution in [0.25, 0.3) is 22.6 Å². The molecule has 0 saturated heterocycles.